The summed E-state index contributed by atoms with van der Waals surface area (Å²) in [6.07, 6.45) is -0.745. The normalized spacial score (nSPS) is 12.6. The van der Waals surface area contributed by atoms with E-state index < -0.39 is 6.10 Å². The number of halogens is 2. The van der Waals surface area contributed by atoms with Gasteiger partial charge in [-0.25, -0.2) is 4.39 Å². The van der Waals surface area contributed by atoms with Crippen LogP contribution in [0.25, 0.3) is 0 Å². The zero-order chi connectivity index (χ0) is 9.84. The van der Waals surface area contributed by atoms with Crippen molar-refractivity contribution in [1.29, 1.82) is 0 Å². The van der Waals surface area contributed by atoms with E-state index in [1.54, 1.807) is 0 Å². The summed E-state index contributed by atoms with van der Waals surface area (Å²) in [6, 6.07) is 4.06. The average Bonchev–Trinajstić information content (AvgIpc) is 2.16. The van der Waals surface area contributed by atoms with Gasteiger partial charge in [0, 0.05) is 10.9 Å². The lowest BCUT2D eigenvalue weighted by atomic mass is 10.1. The van der Waals surface area contributed by atoms with Gasteiger partial charge in [-0.15, -0.1) is 0 Å². The first-order chi connectivity index (χ1) is 6.19. The minimum Gasteiger partial charge on any atom is -0.496 e. The molecule has 1 aromatic carbocycles. The molecule has 0 bridgehead atoms. The van der Waals surface area contributed by atoms with Crippen LogP contribution in [0.4, 0.5) is 4.39 Å². The van der Waals surface area contributed by atoms with E-state index in [1.807, 2.05) is 0 Å². The second kappa shape index (κ2) is 4.58. The zero-order valence-electron chi connectivity index (χ0n) is 7.13. The molecule has 1 rings (SSSR count). The Hall–Kier alpha value is -0.610. The van der Waals surface area contributed by atoms with Gasteiger partial charge < -0.3 is 9.84 Å². The molecule has 1 atom stereocenters. The predicted octanol–water partition coefficient (Wildman–Crippen LogP) is 2.26. The van der Waals surface area contributed by atoms with Crippen molar-refractivity contribution < 1.29 is 14.2 Å². The van der Waals surface area contributed by atoms with E-state index >= 15 is 0 Å². The maximum Gasteiger partial charge on any atom is 0.124 e. The number of methoxy groups -OCH3 is 1. The fraction of sp³-hybridized carbons (Fsp3) is 0.333. The van der Waals surface area contributed by atoms with E-state index in [4.69, 9.17) is 4.74 Å². The van der Waals surface area contributed by atoms with Gasteiger partial charge in [-0.05, 0) is 18.2 Å². The molecule has 4 heteroatoms. The first-order valence-electron chi connectivity index (χ1n) is 3.76. The maximum atomic E-state index is 12.8. The van der Waals surface area contributed by atoms with Crippen molar-refractivity contribution in [2.24, 2.45) is 0 Å². The summed E-state index contributed by atoms with van der Waals surface area (Å²) in [4.78, 5) is 0. The van der Waals surface area contributed by atoms with Gasteiger partial charge in [0.2, 0.25) is 0 Å². The molecular weight excluding hydrogens is 239 g/mol. The molecule has 72 valence electrons. The average molecular weight is 249 g/mol. The third-order valence-electron chi connectivity index (χ3n) is 1.70. The summed E-state index contributed by atoms with van der Waals surface area (Å²) < 4.78 is 17.8. The molecule has 2 nitrogen and oxygen atoms in total. The molecule has 0 radical (unpaired) electrons. The molecule has 0 amide bonds. The quantitative estimate of drug-likeness (QED) is 0.832. The number of alkyl halides is 1. The van der Waals surface area contributed by atoms with E-state index in [2.05, 4.69) is 15.9 Å². The maximum absolute atomic E-state index is 12.8. The van der Waals surface area contributed by atoms with Crippen LogP contribution < -0.4 is 4.74 Å². The van der Waals surface area contributed by atoms with Gasteiger partial charge in [0.25, 0.3) is 0 Å². The summed E-state index contributed by atoms with van der Waals surface area (Å²) in [7, 11) is 1.48. The molecule has 0 spiro atoms. The van der Waals surface area contributed by atoms with E-state index in [-0.39, 0.29) is 5.82 Å². The third kappa shape index (κ3) is 2.42. The van der Waals surface area contributed by atoms with Gasteiger partial charge in [0.15, 0.2) is 0 Å². The number of aliphatic hydroxyl groups is 1. The molecule has 13 heavy (non-hydrogen) atoms. The number of hydrogen-bond acceptors (Lipinski definition) is 2. The molecule has 0 fully saturated rings. The Morgan fingerprint density at radius 1 is 1.62 bits per heavy atom. The van der Waals surface area contributed by atoms with Gasteiger partial charge in [-0.1, -0.05) is 15.9 Å². The fourth-order valence-corrected chi connectivity index (χ4v) is 1.40. The molecule has 0 aromatic heterocycles. The van der Waals surface area contributed by atoms with Crippen LogP contribution in [-0.4, -0.2) is 17.5 Å². The molecule has 1 aromatic rings. The SMILES string of the molecule is COc1ccc(F)cc1[C@H](O)CBr. The molecule has 0 aliphatic rings. The first-order valence-corrected chi connectivity index (χ1v) is 4.88. The minimum atomic E-state index is -0.745. The summed E-state index contributed by atoms with van der Waals surface area (Å²) >= 11 is 3.11. The second-order valence-corrected chi connectivity index (χ2v) is 3.20. The Labute approximate surface area is 84.5 Å². The summed E-state index contributed by atoms with van der Waals surface area (Å²) in [5.74, 6) is 0.115. The first kappa shape index (κ1) is 10.5. The van der Waals surface area contributed by atoms with Gasteiger partial charge in [0.1, 0.15) is 11.6 Å². The van der Waals surface area contributed by atoms with Crippen LogP contribution in [0.1, 0.15) is 11.7 Å². The van der Waals surface area contributed by atoms with E-state index in [9.17, 15) is 9.50 Å². The largest absolute Gasteiger partial charge is 0.496 e. The smallest absolute Gasteiger partial charge is 0.124 e. The van der Waals surface area contributed by atoms with Gasteiger partial charge in [0.05, 0.1) is 13.2 Å². The Kier molecular flexibility index (Phi) is 3.69. The number of hydrogen-bond donors (Lipinski definition) is 1. The number of benzene rings is 1. The Morgan fingerprint density at radius 2 is 2.31 bits per heavy atom. The van der Waals surface area contributed by atoms with Crippen molar-refractivity contribution in [2.75, 3.05) is 12.4 Å². The topological polar surface area (TPSA) is 29.5 Å². The summed E-state index contributed by atoms with van der Waals surface area (Å²) in [5, 5.41) is 9.83. The Morgan fingerprint density at radius 3 is 2.85 bits per heavy atom. The lowest BCUT2D eigenvalue weighted by Crippen LogP contribution is -2.02. The van der Waals surface area contributed by atoms with Gasteiger partial charge in [-0.2, -0.15) is 0 Å². The minimum absolute atomic E-state index is 0.354. The molecule has 0 unspecified atom stereocenters. The van der Waals surface area contributed by atoms with Crippen molar-refractivity contribution in [3.8, 4) is 5.75 Å². The summed E-state index contributed by atoms with van der Waals surface area (Å²) in [5.41, 5.74) is 0.458. The van der Waals surface area contributed by atoms with Crippen LogP contribution in [0.15, 0.2) is 18.2 Å². The second-order valence-electron chi connectivity index (χ2n) is 2.56. The fourth-order valence-electron chi connectivity index (χ4n) is 1.05. The van der Waals surface area contributed by atoms with Gasteiger partial charge >= 0.3 is 0 Å². The van der Waals surface area contributed by atoms with Gasteiger partial charge in [-0.3, -0.25) is 0 Å². The molecule has 0 saturated heterocycles. The highest BCUT2D eigenvalue weighted by molar-refractivity contribution is 9.09. The van der Waals surface area contributed by atoms with E-state index in [1.165, 1.54) is 25.3 Å². The van der Waals surface area contributed by atoms with Crippen molar-refractivity contribution in [1.82, 2.24) is 0 Å². The molecule has 0 saturated carbocycles. The lowest BCUT2D eigenvalue weighted by Gasteiger charge is -2.12. The van der Waals surface area contributed by atoms with Crippen molar-refractivity contribution in [3.63, 3.8) is 0 Å². The van der Waals surface area contributed by atoms with E-state index in [0.717, 1.165) is 0 Å². The highest BCUT2D eigenvalue weighted by Crippen LogP contribution is 2.26. The van der Waals surface area contributed by atoms with Crippen molar-refractivity contribution in [2.45, 2.75) is 6.10 Å². The van der Waals surface area contributed by atoms with E-state index in [0.29, 0.717) is 16.6 Å². The Bertz CT molecular complexity index is 291. The number of aliphatic hydroxyl groups excluding tert-OH is 1. The zero-order valence-corrected chi connectivity index (χ0v) is 8.71. The molecule has 0 aliphatic carbocycles. The number of rotatable bonds is 3. The monoisotopic (exact) mass is 248 g/mol. The third-order valence-corrected chi connectivity index (χ3v) is 2.31. The van der Waals surface area contributed by atoms with Crippen LogP contribution in [0.3, 0.4) is 0 Å². The molecule has 0 heterocycles. The van der Waals surface area contributed by atoms with Crippen LogP contribution in [0, 0.1) is 5.82 Å². The highest BCUT2D eigenvalue weighted by atomic mass is 79.9. The lowest BCUT2D eigenvalue weighted by molar-refractivity contribution is 0.199. The number of ether oxygens (including phenoxy) is 1. The van der Waals surface area contributed by atoms with Crippen LogP contribution in [0.2, 0.25) is 0 Å². The highest BCUT2D eigenvalue weighted by Gasteiger charge is 2.12. The van der Waals surface area contributed by atoms with Crippen LogP contribution >= 0.6 is 15.9 Å². The van der Waals surface area contributed by atoms with Crippen LogP contribution in [-0.2, 0) is 0 Å². The van der Waals surface area contributed by atoms with Crippen molar-refractivity contribution in [3.05, 3.63) is 29.6 Å². The molecule has 1 N–H and O–H groups in total. The standard InChI is InChI=1S/C9H10BrFO2/c1-13-9-3-2-6(11)4-7(9)8(12)5-10/h2-4,8,12H,5H2,1H3/t8-/m1/s1. The summed E-state index contributed by atoms with van der Waals surface area (Å²) in [6.45, 7) is 0. The predicted molar refractivity (Wildman–Crippen MR) is 51.7 cm³/mol. The van der Waals surface area contributed by atoms with Crippen molar-refractivity contribution >= 4 is 15.9 Å². The molecular formula is C9H10BrFO2. The Balaban J connectivity index is 3.07. The molecule has 0 aliphatic heterocycles. The van der Waals surface area contributed by atoms with Crippen LogP contribution in [0.5, 0.6) is 5.75 Å².